The molecule has 1 aliphatic carbocycles. The Labute approximate surface area is 134 Å². The molecule has 2 N–H and O–H groups in total. The van der Waals surface area contributed by atoms with Gasteiger partial charge in [0.05, 0.1) is 5.56 Å². The number of carbonyl (C=O) groups is 2. The van der Waals surface area contributed by atoms with Crippen LogP contribution in [0.5, 0.6) is 0 Å². The second-order valence-electron chi connectivity index (χ2n) is 5.31. The van der Waals surface area contributed by atoms with Crippen molar-refractivity contribution in [3.05, 3.63) is 65.2 Å². The van der Waals surface area contributed by atoms with Gasteiger partial charge in [-0.15, -0.1) is 0 Å². The molecule has 0 bridgehead atoms. The lowest BCUT2D eigenvalue weighted by atomic mass is 9.84. The molecule has 0 heterocycles. The summed E-state index contributed by atoms with van der Waals surface area (Å²) >= 11 is 0. The molecule has 1 atom stereocenters. The van der Waals surface area contributed by atoms with Gasteiger partial charge in [0.1, 0.15) is 11.8 Å². The summed E-state index contributed by atoms with van der Waals surface area (Å²) in [7, 11) is 0. The van der Waals surface area contributed by atoms with Gasteiger partial charge in [0.15, 0.2) is 5.78 Å². The summed E-state index contributed by atoms with van der Waals surface area (Å²) in [6.45, 7) is 0. The fourth-order valence-electron chi connectivity index (χ4n) is 2.55. The number of fused-ring (bicyclic) bond motifs is 1. The van der Waals surface area contributed by atoms with E-state index in [0.29, 0.717) is 0 Å². The molecule has 4 nitrogen and oxygen atoms in total. The smallest absolute Gasteiger partial charge is 0.370 e. The standard InChI is InChI=1S/C17H11F3N2O2/c18-17(19,20)9-4-3-5-10(8-9)22-14-13(21)15(23)11-6-1-2-7-12(11)16(14)24/h1-8,14,21-22H. The molecule has 0 amide bonds. The quantitative estimate of drug-likeness (QED) is 0.883. The number of hydrogen-bond acceptors (Lipinski definition) is 4. The summed E-state index contributed by atoms with van der Waals surface area (Å²) in [6, 6.07) is 9.05. The first-order valence-corrected chi connectivity index (χ1v) is 6.99. The molecule has 7 heteroatoms. The minimum absolute atomic E-state index is 0.0140. The Morgan fingerprint density at radius 2 is 1.62 bits per heavy atom. The maximum atomic E-state index is 12.8. The van der Waals surface area contributed by atoms with E-state index in [1.807, 2.05) is 0 Å². The molecule has 0 aliphatic heterocycles. The van der Waals surface area contributed by atoms with Crippen LogP contribution in [0.4, 0.5) is 18.9 Å². The SMILES string of the molecule is N=C1C(=O)c2ccccc2C(=O)C1Nc1cccc(C(F)(F)F)c1. The van der Waals surface area contributed by atoms with Gasteiger partial charge in [-0.25, -0.2) is 0 Å². The van der Waals surface area contributed by atoms with Crippen LogP contribution in [0.2, 0.25) is 0 Å². The Kier molecular flexibility index (Phi) is 3.71. The molecule has 0 radical (unpaired) electrons. The van der Waals surface area contributed by atoms with E-state index in [2.05, 4.69) is 5.32 Å². The summed E-state index contributed by atoms with van der Waals surface area (Å²) in [5.41, 5.74) is -1.07. The summed E-state index contributed by atoms with van der Waals surface area (Å²) in [5, 5.41) is 10.5. The van der Waals surface area contributed by atoms with Crippen LogP contribution in [0.15, 0.2) is 48.5 Å². The fourth-order valence-corrected chi connectivity index (χ4v) is 2.55. The van der Waals surface area contributed by atoms with E-state index in [1.54, 1.807) is 12.1 Å². The summed E-state index contributed by atoms with van der Waals surface area (Å²) in [6.07, 6.45) is -4.52. The number of carbonyl (C=O) groups excluding carboxylic acids is 2. The topological polar surface area (TPSA) is 70.0 Å². The fraction of sp³-hybridized carbons (Fsp3) is 0.118. The number of halogens is 3. The predicted molar refractivity (Wildman–Crippen MR) is 81.7 cm³/mol. The van der Waals surface area contributed by atoms with Gasteiger partial charge in [0.2, 0.25) is 5.78 Å². The highest BCUT2D eigenvalue weighted by molar-refractivity contribution is 6.55. The molecule has 24 heavy (non-hydrogen) atoms. The van der Waals surface area contributed by atoms with Gasteiger partial charge in [0, 0.05) is 16.8 Å². The summed E-state index contributed by atoms with van der Waals surface area (Å²) in [5.74, 6) is -1.14. The van der Waals surface area contributed by atoms with Gasteiger partial charge in [-0.3, -0.25) is 15.0 Å². The first-order valence-electron chi connectivity index (χ1n) is 6.99. The van der Waals surface area contributed by atoms with Crippen molar-refractivity contribution in [1.29, 1.82) is 5.41 Å². The monoisotopic (exact) mass is 332 g/mol. The van der Waals surface area contributed by atoms with Crippen molar-refractivity contribution in [2.24, 2.45) is 0 Å². The largest absolute Gasteiger partial charge is 0.416 e. The lowest BCUT2D eigenvalue weighted by Crippen LogP contribution is -2.45. The highest BCUT2D eigenvalue weighted by atomic mass is 19.4. The van der Waals surface area contributed by atoms with Crippen molar-refractivity contribution in [2.75, 3.05) is 5.32 Å². The zero-order valence-corrected chi connectivity index (χ0v) is 12.1. The van der Waals surface area contributed by atoms with E-state index in [0.717, 1.165) is 12.1 Å². The maximum absolute atomic E-state index is 12.8. The van der Waals surface area contributed by atoms with Crippen LogP contribution in [0.1, 0.15) is 26.3 Å². The number of rotatable bonds is 2. The second-order valence-corrected chi connectivity index (χ2v) is 5.31. The Morgan fingerprint density at radius 1 is 0.958 bits per heavy atom. The lowest BCUT2D eigenvalue weighted by Gasteiger charge is -2.25. The average Bonchev–Trinajstić information content (AvgIpc) is 2.56. The van der Waals surface area contributed by atoms with Crippen LogP contribution >= 0.6 is 0 Å². The van der Waals surface area contributed by atoms with Crippen LogP contribution in [0.3, 0.4) is 0 Å². The Hall–Kier alpha value is -2.96. The number of Topliss-reactive ketones (excluding diaryl/α,β-unsaturated/α-hetero) is 2. The first-order chi connectivity index (χ1) is 11.3. The molecule has 0 saturated carbocycles. The molecule has 0 aromatic heterocycles. The summed E-state index contributed by atoms with van der Waals surface area (Å²) < 4.78 is 38.3. The van der Waals surface area contributed by atoms with Crippen molar-refractivity contribution in [1.82, 2.24) is 0 Å². The number of anilines is 1. The minimum atomic E-state index is -4.52. The van der Waals surface area contributed by atoms with Gasteiger partial charge < -0.3 is 5.32 Å². The molecule has 1 unspecified atom stereocenters. The number of nitrogens with one attached hydrogen (secondary N) is 2. The zero-order chi connectivity index (χ0) is 17.5. The minimum Gasteiger partial charge on any atom is -0.370 e. The Bertz CT molecular complexity index is 859. The van der Waals surface area contributed by atoms with E-state index < -0.39 is 35.1 Å². The van der Waals surface area contributed by atoms with E-state index in [9.17, 15) is 22.8 Å². The lowest BCUT2D eigenvalue weighted by molar-refractivity contribution is -0.137. The van der Waals surface area contributed by atoms with Crippen LogP contribution in [-0.4, -0.2) is 23.3 Å². The van der Waals surface area contributed by atoms with Crippen molar-refractivity contribution >= 4 is 23.0 Å². The molecule has 0 saturated heterocycles. The molecule has 3 rings (SSSR count). The molecular formula is C17H11F3N2O2. The Balaban J connectivity index is 1.95. The van der Waals surface area contributed by atoms with E-state index in [4.69, 9.17) is 5.41 Å². The maximum Gasteiger partial charge on any atom is 0.416 e. The van der Waals surface area contributed by atoms with Crippen LogP contribution in [-0.2, 0) is 6.18 Å². The van der Waals surface area contributed by atoms with Gasteiger partial charge >= 0.3 is 6.18 Å². The zero-order valence-electron chi connectivity index (χ0n) is 12.1. The average molecular weight is 332 g/mol. The number of ketones is 2. The highest BCUT2D eigenvalue weighted by Crippen LogP contribution is 2.31. The van der Waals surface area contributed by atoms with Gasteiger partial charge in [0.25, 0.3) is 0 Å². The molecule has 2 aromatic rings. The van der Waals surface area contributed by atoms with Crippen LogP contribution in [0, 0.1) is 5.41 Å². The summed E-state index contributed by atoms with van der Waals surface area (Å²) in [4.78, 5) is 24.7. The van der Waals surface area contributed by atoms with E-state index >= 15 is 0 Å². The normalized spacial score (nSPS) is 17.6. The van der Waals surface area contributed by atoms with Crippen molar-refractivity contribution in [3.63, 3.8) is 0 Å². The third kappa shape index (κ3) is 2.68. The molecule has 0 spiro atoms. The van der Waals surface area contributed by atoms with Crippen molar-refractivity contribution in [2.45, 2.75) is 12.2 Å². The van der Waals surface area contributed by atoms with Crippen LogP contribution in [0.25, 0.3) is 0 Å². The van der Waals surface area contributed by atoms with Gasteiger partial charge in [-0.05, 0) is 18.2 Å². The number of benzene rings is 2. The van der Waals surface area contributed by atoms with Crippen LogP contribution < -0.4 is 5.32 Å². The predicted octanol–water partition coefficient (Wildman–Crippen LogP) is 3.58. The third-order valence-corrected chi connectivity index (χ3v) is 3.73. The Morgan fingerprint density at radius 3 is 2.29 bits per heavy atom. The third-order valence-electron chi connectivity index (χ3n) is 3.73. The van der Waals surface area contributed by atoms with Crippen molar-refractivity contribution < 1.29 is 22.8 Å². The number of hydrogen-bond donors (Lipinski definition) is 2. The van der Waals surface area contributed by atoms with E-state index in [-0.39, 0.29) is 16.8 Å². The molecule has 1 aliphatic rings. The molecular weight excluding hydrogens is 321 g/mol. The van der Waals surface area contributed by atoms with Crippen molar-refractivity contribution in [3.8, 4) is 0 Å². The first kappa shape index (κ1) is 15.9. The molecule has 2 aromatic carbocycles. The molecule has 122 valence electrons. The number of alkyl halides is 3. The van der Waals surface area contributed by atoms with Gasteiger partial charge in [-0.2, -0.15) is 13.2 Å². The van der Waals surface area contributed by atoms with Gasteiger partial charge in [-0.1, -0.05) is 30.3 Å². The highest BCUT2D eigenvalue weighted by Gasteiger charge is 2.37. The second kappa shape index (κ2) is 5.59. The van der Waals surface area contributed by atoms with E-state index in [1.165, 1.54) is 24.3 Å². The molecule has 0 fully saturated rings.